The number of ether oxygens (including phenoxy) is 1. The summed E-state index contributed by atoms with van der Waals surface area (Å²) in [4.78, 5) is 26.4. The molecule has 1 aromatic rings. The highest BCUT2D eigenvalue weighted by atomic mass is 16.6. The van der Waals surface area contributed by atoms with Gasteiger partial charge in [-0.3, -0.25) is 9.69 Å². The molecule has 1 fully saturated rings. The standard InChI is InChI=1S/C19H28N2O4/c1-19(2,3)25-18(24)21-11-7-10-16(21)17(23)20-15(13-22)12-14-8-5-4-6-9-14/h4-6,8-9,15-16,22H,7,10-13H2,1-3H3,(H,20,23). The highest BCUT2D eigenvalue weighted by Gasteiger charge is 2.37. The summed E-state index contributed by atoms with van der Waals surface area (Å²) in [5.41, 5.74) is 0.444. The number of nitrogens with one attached hydrogen (secondary N) is 1. The van der Waals surface area contributed by atoms with Crippen molar-refractivity contribution >= 4 is 12.0 Å². The van der Waals surface area contributed by atoms with Crippen molar-refractivity contribution in [1.82, 2.24) is 10.2 Å². The molecule has 1 saturated heterocycles. The first-order valence-corrected chi connectivity index (χ1v) is 8.75. The predicted octanol–water partition coefficient (Wildman–Crippen LogP) is 2.11. The number of amides is 2. The van der Waals surface area contributed by atoms with E-state index >= 15 is 0 Å². The Labute approximate surface area is 149 Å². The van der Waals surface area contributed by atoms with Gasteiger partial charge in [-0.2, -0.15) is 0 Å². The molecule has 0 radical (unpaired) electrons. The van der Waals surface area contributed by atoms with Crippen LogP contribution in [0, 0.1) is 0 Å². The lowest BCUT2D eigenvalue weighted by atomic mass is 10.1. The van der Waals surface area contributed by atoms with Crippen LogP contribution in [-0.4, -0.2) is 52.8 Å². The van der Waals surface area contributed by atoms with Crippen LogP contribution in [0.4, 0.5) is 4.79 Å². The molecule has 1 heterocycles. The molecule has 0 saturated carbocycles. The van der Waals surface area contributed by atoms with Crippen LogP contribution in [0.1, 0.15) is 39.2 Å². The van der Waals surface area contributed by atoms with Gasteiger partial charge in [-0.1, -0.05) is 30.3 Å². The summed E-state index contributed by atoms with van der Waals surface area (Å²) in [5.74, 6) is -0.238. The van der Waals surface area contributed by atoms with E-state index < -0.39 is 17.7 Å². The summed E-state index contributed by atoms with van der Waals surface area (Å²) < 4.78 is 5.39. The van der Waals surface area contributed by atoms with Crippen molar-refractivity contribution in [3.05, 3.63) is 35.9 Å². The van der Waals surface area contributed by atoms with Gasteiger partial charge in [-0.25, -0.2) is 4.79 Å². The first-order valence-electron chi connectivity index (χ1n) is 8.75. The number of hydrogen-bond donors (Lipinski definition) is 2. The van der Waals surface area contributed by atoms with Crippen LogP contribution in [0.5, 0.6) is 0 Å². The first kappa shape index (κ1) is 19.2. The molecule has 1 aromatic carbocycles. The second kappa shape index (κ2) is 8.34. The van der Waals surface area contributed by atoms with Gasteiger partial charge in [0.2, 0.25) is 5.91 Å². The maximum atomic E-state index is 12.6. The largest absolute Gasteiger partial charge is 0.444 e. The minimum atomic E-state index is -0.596. The quantitative estimate of drug-likeness (QED) is 0.854. The number of likely N-dealkylation sites (tertiary alicyclic amines) is 1. The molecule has 6 nitrogen and oxygen atoms in total. The van der Waals surface area contributed by atoms with Gasteiger partial charge in [-0.05, 0) is 45.6 Å². The monoisotopic (exact) mass is 348 g/mol. The number of rotatable bonds is 5. The van der Waals surface area contributed by atoms with Crippen LogP contribution >= 0.6 is 0 Å². The molecule has 2 unspecified atom stereocenters. The van der Waals surface area contributed by atoms with Crippen molar-refractivity contribution in [3.63, 3.8) is 0 Å². The fourth-order valence-electron chi connectivity index (χ4n) is 2.94. The normalized spacial score (nSPS) is 18.7. The average Bonchev–Trinajstić information content (AvgIpc) is 3.03. The number of aliphatic hydroxyl groups excluding tert-OH is 1. The summed E-state index contributed by atoms with van der Waals surface area (Å²) >= 11 is 0. The number of hydrogen-bond acceptors (Lipinski definition) is 4. The molecule has 0 spiro atoms. The van der Waals surface area contributed by atoms with Gasteiger partial charge in [-0.15, -0.1) is 0 Å². The van der Waals surface area contributed by atoms with Crippen molar-refractivity contribution in [2.24, 2.45) is 0 Å². The number of carbonyl (C=O) groups is 2. The molecule has 138 valence electrons. The van der Waals surface area contributed by atoms with Crippen LogP contribution in [-0.2, 0) is 16.0 Å². The van der Waals surface area contributed by atoms with E-state index in [1.54, 1.807) is 20.8 Å². The molecular formula is C19H28N2O4. The van der Waals surface area contributed by atoms with E-state index in [1.165, 1.54) is 4.90 Å². The maximum absolute atomic E-state index is 12.6. The Kier molecular flexibility index (Phi) is 6.42. The van der Waals surface area contributed by atoms with Crippen molar-refractivity contribution < 1.29 is 19.4 Å². The van der Waals surface area contributed by atoms with Crippen molar-refractivity contribution in [2.75, 3.05) is 13.2 Å². The molecule has 2 amide bonds. The van der Waals surface area contributed by atoms with Gasteiger partial charge >= 0.3 is 6.09 Å². The fraction of sp³-hybridized carbons (Fsp3) is 0.579. The summed E-state index contributed by atoms with van der Waals surface area (Å²) in [6, 6.07) is 8.76. The van der Waals surface area contributed by atoms with Crippen LogP contribution in [0.3, 0.4) is 0 Å². The lowest BCUT2D eigenvalue weighted by Crippen LogP contribution is -2.51. The van der Waals surface area contributed by atoms with E-state index in [0.29, 0.717) is 19.4 Å². The van der Waals surface area contributed by atoms with Crippen LogP contribution in [0.15, 0.2) is 30.3 Å². The molecule has 25 heavy (non-hydrogen) atoms. The predicted molar refractivity (Wildman–Crippen MR) is 95.1 cm³/mol. The zero-order valence-corrected chi connectivity index (χ0v) is 15.2. The van der Waals surface area contributed by atoms with Crippen LogP contribution in [0.2, 0.25) is 0 Å². The smallest absolute Gasteiger partial charge is 0.410 e. The third kappa shape index (κ3) is 5.74. The molecule has 1 aliphatic heterocycles. The minimum Gasteiger partial charge on any atom is -0.444 e. The highest BCUT2D eigenvalue weighted by molar-refractivity contribution is 5.86. The average molecular weight is 348 g/mol. The van der Waals surface area contributed by atoms with Crippen molar-refractivity contribution in [1.29, 1.82) is 0 Å². The maximum Gasteiger partial charge on any atom is 0.410 e. The summed E-state index contributed by atoms with van der Waals surface area (Å²) in [6.07, 6.45) is 1.45. The summed E-state index contributed by atoms with van der Waals surface area (Å²) in [5, 5.41) is 12.5. The molecule has 2 rings (SSSR count). The Morgan fingerprint density at radius 2 is 2.00 bits per heavy atom. The second-order valence-electron chi connectivity index (χ2n) is 7.41. The molecular weight excluding hydrogens is 320 g/mol. The molecule has 0 aromatic heterocycles. The lowest BCUT2D eigenvalue weighted by Gasteiger charge is -2.29. The van der Waals surface area contributed by atoms with Gasteiger partial charge < -0.3 is 15.2 Å². The lowest BCUT2D eigenvalue weighted by molar-refractivity contribution is -0.126. The Hall–Kier alpha value is -2.08. The van der Waals surface area contributed by atoms with E-state index in [4.69, 9.17) is 4.74 Å². The van der Waals surface area contributed by atoms with Crippen molar-refractivity contribution in [3.8, 4) is 0 Å². The van der Waals surface area contributed by atoms with E-state index in [9.17, 15) is 14.7 Å². The van der Waals surface area contributed by atoms with Gasteiger partial charge in [0.25, 0.3) is 0 Å². The van der Waals surface area contributed by atoms with E-state index in [1.807, 2.05) is 30.3 Å². The number of nitrogens with zero attached hydrogens (tertiary/aromatic N) is 1. The van der Waals surface area contributed by atoms with Crippen LogP contribution < -0.4 is 5.32 Å². The van der Waals surface area contributed by atoms with Gasteiger partial charge in [0, 0.05) is 6.54 Å². The third-order valence-corrected chi connectivity index (χ3v) is 4.08. The number of benzene rings is 1. The third-order valence-electron chi connectivity index (χ3n) is 4.08. The summed E-state index contributed by atoms with van der Waals surface area (Å²) in [7, 11) is 0. The summed E-state index contributed by atoms with van der Waals surface area (Å²) in [6.45, 7) is 5.77. The minimum absolute atomic E-state index is 0.153. The van der Waals surface area contributed by atoms with E-state index in [0.717, 1.165) is 12.0 Å². The van der Waals surface area contributed by atoms with Crippen molar-refractivity contribution in [2.45, 2.75) is 57.7 Å². The fourth-order valence-corrected chi connectivity index (χ4v) is 2.94. The zero-order valence-electron chi connectivity index (χ0n) is 15.2. The number of aliphatic hydroxyl groups is 1. The molecule has 6 heteroatoms. The van der Waals surface area contributed by atoms with E-state index in [-0.39, 0.29) is 18.6 Å². The second-order valence-corrected chi connectivity index (χ2v) is 7.41. The molecule has 0 aliphatic carbocycles. The zero-order chi connectivity index (χ0) is 18.4. The van der Waals surface area contributed by atoms with Gasteiger partial charge in [0.15, 0.2) is 0 Å². The molecule has 1 aliphatic rings. The Morgan fingerprint density at radius 1 is 1.32 bits per heavy atom. The van der Waals surface area contributed by atoms with E-state index in [2.05, 4.69) is 5.32 Å². The van der Waals surface area contributed by atoms with Gasteiger partial charge in [0.05, 0.1) is 12.6 Å². The van der Waals surface area contributed by atoms with Gasteiger partial charge in [0.1, 0.15) is 11.6 Å². The Bertz CT molecular complexity index is 583. The molecule has 2 N–H and O–H groups in total. The Balaban J connectivity index is 1.96. The number of carbonyl (C=O) groups excluding carboxylic acids is 2. The molecule has 2 atom stereocenters. The Morgan fingerprint density at radius 3 is 2.60 bits per heavy atom. The topological polar surface area (TPSA) is 78.9 Å². The van der Waals surface area contributed by atoms with Crippen LogP contribution in [0.25, 0.3) is 0 Å². The first-order chi connectivity index (χ1) is 11.8. The highest BCUT2D eigenvalue weighted by Crippen LogP contribution is 2.21. The molecule has 0 bridgehead atoms. The SMILES string of the molecule is CC(C)(C)OC(=O)N1CCCC1C(=O)NC(CO)Cc1ccccc1.